The first-order valence-electron chi connectivity index (χ1n) is 9.95. The quantitative estimate of drug-likeness (QED) is 0.164. The largest absolute Gasteiger partial charge is 0.421 e. The molecule has 0 amide bonds. The first kappa shape index (κ1) is 20.0. The number of esters is 1. The maximum atomic E-state index is 13.2. The van der Waals surface area contributed by atoms with Crippen LogP contribution in [0.1, 0.15) is 37.4 Å². The van der Waals surface area contributed by atoms with E-state index in [1.807, 2.05) is 72.8 Å². The maximum absolute atomic E-state index is 13.2. The van der Waals surface area contributed by atoms with Crippen LogP contribution in [0.3, 0.4) is 0 Å². The molecule has 0 saturated carbocycles. The molecule has 0 aliphatic carbocycles. The number of ketones is 1. The van der Waals surface area contributed by atoms with E-state index in [0.717, 1.165) is 5.56 Å². The van der Waals surface area contributed by atoms with Crippen molar-refractivity contribution in [2.24, 2.45) is 0 Å². The van der Waals surface area contributed by atoms with Crippen LogP contribution in [-0.2, 0) is 0 Å². The first-order chi connectivity index (χ1) is 15.2. The second-order valence-corrected chi connectivity index (χ2v) is 6.92. The predicted octanol–water partition coefficient (Wildman–Crippen LogP) is 6.31. The van der Waals surface area contributed by atoms with Crippen LogP contribution in [0.25, 0.3) is 12.2 Å². The Balaban J connectivity index is 1.76. The summed E-state index contributed by atoms with van der Waals surface area (Å²) in [5, 5.41) is 0. The van der Waals surface area contributed by atoms with E-state index < -0.39 is 5.97 Å². The van der Waals surface area contributed by atoms with Crippen LogP contribution < -0.4 is 4.74 Å². The molecule has 0 atom stereocenters. The summed E-state index contributed by atoms with van der Waals surface area (Å²) < 4.78 is 5.78. The number of hydrogen-bond donors (Lipinski definition) is 0. The third-order valence-electron chi connectivity index (χ3n) is 4.79. The monoisotopic (exact) mass is 404 g/mol. The van der Waals surface area contributed by atoms with Crippen LogP contribution in [0.15, 0.2) is 109 Å². The van der Waals surface area contributed by atoms with E-state index >= 15 is 0 Å². The van der Waals surface area contributed by atoms with E-state index in [0.29, 0.717) is 22.3 Å². The van der Waals surface area contributed by atoms with Gasteiger partial charge in [-0.15, -0.1) is 0 Å². The second kappa shape index (κ2) is 9.51. The zero-order valence-corrected chi connectivity index (χ0v) is 16.8. The molecule has 0 aliphatic heterocycles. The van der Waals surface area contributed by atoms with Gasteiger partial charge in [-0.3, -0.25) is 4.79 Å². The van der Waals surface area contributed by atoms with Crippen molar-refractivity contribution in [2.45, 2.75) is 0 Å². The van der Waals surface area contributed by atoms with Crippen LogP contribution in [0.5, 0.6) is 5.75 Å². The van der Waals surface area contributed by atoms with Gasteiger partial charge in [0, 0.05) is 11.1 Å². The zero-order chi connectivity index (χ0) is 21.5. The number of para-hydroxylation sites is 1. The summed E-state index contributed by atoms with van der Waals surface area (Å²) >= 11 is 0. The lowest BCUT2D eigenvalue weighted by molar-refractivity contribution is 0.0732. The normalized spacial score (nSPS) is 10.7. The molecule has 0 radical (unpaired) electrons. The molecule has 0 spiro atoms. The minimum absolute atomic E-state index is 0.202. The fourth-order valence-electron chi connectivity index (χ4n) is 3.20. The van der Waals surface area contributed by atoms with Gasteiger partial charge in [-0.05, 0) is 23.8 Å². The van der Waals surface area contributed by atoms with Gasteiger partial charge in [0.25, 0.3) is 0 Å². The molecule has 3 nitrogen and oxygen atoms in total. The van der Waals surface area contributed by atoms with Crippen LogP contribution in [0.2, 0.25) is 0 Å². The Morgan fingerprint density at radius 3 is 1.81 bits per heavy atom. The van der Waals surface area contributed by atoms with Crippen LogP contribution >= 0.6 is 0 Å². The van der Waals surface area contributed by atoms with E-state index in [-0.39, 0.29) is 11.5 Å². The van der Waals surface area contributed by atoms with E-state index in [1.165, 1.54) is 0 Å². The topological polar surface area (TPSA) is 43.4 Å². The van der Waals surface area contributed by atoms with Crippen molar-refractivity contribution < 1.29 is 14.3 Å². The SMILES string of the molecule is O=C(Oc1c(C=Cc2ccccc2)cccc1C(=O)c1ccccc1)c1ccccc1. The summed E-state index contributed by atoms with van der Waals surface area (Å²) in [7, 11) is 0. The van der Waals surface area contributed by atoms with Crippen molar-refractivity contribution in [1.29, 1.82) is 0 Å². The van der Waals surface area contributed by atoms with Gasteiger partial charge in [0.1, 0.15) is 5.75 Å². The van der Waals surface area contributed by atoms with Crippen LogP contribution in [-0.4, -0.2) is 11.8 Å². The van der Waals surface area contributed by atoms with Gasteiger partial charge in [-0.25, -0.2) is 4.79 Å². The Morgan fingerprint density at radius 1 is 0.581 bits per heavy atom. The molecule has 0 saturated heterocycles. The van der Waals surface area contributed by atoms with Crippen molar-refractivity contribution in [3.63, 3.8) is 0 Å². The van der Waals surface area contributed by atoms with Crippen molar-refractivity contribution in [3.8, 4) is 5.75 Å². The number of carbonyl (C=O) groups is 2. The fraction of sp³-hybridized carbons (Fsp3) is 0. The zero-order valence-electron chi connectivity index (χ0n) is 16.8. The van der Waals surface area contributed by atoms with E-state index in [4.69, 9.17) is 4.74 Å². The van der Waals surface area contributed by atoms with Crippen LogP contribution in [0, 0.1) is 0 Å². The molecule has 4 rings (SSSR count). The minimum atomic E-state index is -0.511. The predicted molar refractivity (Wildman–Crippen MR) is 123 cm³/mol. The smallest absolute Gasteiger partial charge is 0.343 e. The summed E-state index contributed by atoms with van der Waals surface area (Å²) in [5.41, 5.74) is 2.94. The molecule has 31 heavy (non-hydrogen) atoms. The van der Waals surface area contributed by atoms with Crippen molar-refractivity contribution in [2.75, 3.05) is 0 Å². The van der Waals surface area contributed by atoms with Gasteiger partial charge in [0.05, 0.1) is 11.1 Å². The molecule has 0 bridgehead atoms. The third kappa shape index (κ3) is 4.85. The maximum Gasteiger partial charge on any atom is 0.343 e. The summed E-state index contributed by atoms with van der Waals surface area (Å²) in [4.78, 5) is 26.0. The number of carbonyl (C=O) groups excluding carboxylic acids is 2. The third-order valence-corrected chi connectivity index (χ3v) is 4.79. The Morgan fingerprint density at radius 2 is 1.16 bits per heavy atom. The van der Waals surface area contributed by atoms with E-state index in [2.05, 4.69) is 0 Å². The molecular formula is C28H20O3. The van der Waals surface area contributed by atoms with Gasteiger partial charge in [0.2, 0.25) is 0 Å². The van der Waals surface area contributed by atoms with E-state index in [9.17, 15) is 9.59 Å². The number of benzene rings is 4. The highest BCUT2D eigenvalue weighted by Crippen LogP contribution is 2.29. The molecule has 0 fully saturated rings. The first-order valence-corrected chi connectivity index (χ1v) is 9.95. The highest BCUT2D eigenvalue weighted by molar-refractivity contribution is 6.12. The van der Waals surface area contributed by atoms with E-state index in [1.54, 1.807) is 48.5 Å². The van der Waals surface area contributed by atoms with Crippen molar-refractivity contribution in [3.05, 3.63) is 137 Å². The Kier molecular flexibility index (Phi) is 6.15. The molecule has 4 aromatic rings. The Labute approximate surface area is 181 Å². The molecule has 0 aromatic heterocycles. The fourth-order valence-corrected chi connectivity index (χ4v) is 3.20. The summed E-state index contributed by atoms with van der Waals surface area (Å²) in [5.74, 6) is -0.466. The van der Waals surface area contributed by atoms with Crippen molar-refractivity contribution >= 4 is 23.9 Å². The molecule has 0 unspecified atom stereocenters. The number of hydrogen-bond acceptors (Lipinski definition) is 3. The Hall–Kier alpha value is -4.24. The summed E-state index contributed by atoms with van der Waals surface area (Å²) in [6, 6.07) is 32.8. The van der Waals surface area contributed by atoms with Gasteiger partial charge in [-0.1, -0.05) is 103 Å². The molecule has 3 heteroatoms. The summed E-state index contributed by atoms with van der Waals surface area (Å²) in [6.45, 7) is 0. The minimum Gasteiger partial charge on any atom is -0.421 e. The number of ether oxygens (including phenoxy) is 1. The molecule has 0 aliphatic rings. The molecule has 0 N–H and O–H groups in total. The van der Waals surface area contributed by atoms with Crippen LogP contribution in [0.4, 0.5) is 0 Å². The molecule has 150 valence electrons. The van der Waals surface area contributed by atoms with Gasteiger partial charge in [-0.2, -0.15) is 0 Å². The van der Waals surface area contributed by atoms with Crippen molar-refractivity contribution in [1.82, 2.24) is 0 Å². The standard InChI is InChI=1S/C28H20O3/c29-26(22-13-6-2-7-14-22)25-18-10-17-23(20-19-21-11-4-1-5-12-21)27(25)31-28(30)24-15-8-3-9-16-24/h1-20H. The molecular weight excluding hydrogens is 384 g/mol. The number of rotatable bonds is 6. The Bertz CT molecular complexity index is 1210. The lowest BCUT2D eigenvalue weighted by atomic mass is 9.99. The second-order valence-electron chi connectivity index (χ2n) is 6.92. The average molecular weight is 404 g/mol. The van der Waals surface area contributed by atoms with Gasteiger partial charge >= 0.3 is 5.97 Å². The highest BCUT2D eigenvalue weighted by atomic mass is 16.5. The lowest BCUT2D eigenvalue weighted by Gasteiger charge is -2.13. The molecule has 0 heterocycles. The van der Waals surface area contributed by atoms with Gasteiger partial charge in [0.15, 0.2) is 5.78 Å². The lowest BCUT2D eigenvalue weighted by Crippen LogP contribution is -2.13. The average Bonchev–Trinajstić information content (AvgIpc) is 2.84. The van der Waals surface area contributed by atoms with Gasteiger partial charge < -0.3 is 4.74 Å². The summed E-state index contributed by atoms with van der Waals surface area (Å²) in [6.07, 6.45) is 3.77. The molecule has 4 aromatic carbocycles. The highest BCUT2D eigenvalue weighted by Gasteiger charge is 2.20.